The van der Waals surface area contributed by atoms with Crippen LogP contribution in [0.5, 0.6) is 0 Å². The number of esters is 3. The van der Waals surface area contributed by atoms with Gasteiger partial charge in [-0.1, -0.05) is 13.2 Å². The van der Waals surface area contributed by atoms with Gasteiger partial charge in [-0.05, 0) is 40.5 Å². The van der Waals surface area contributed by atoms with Crippen LogP contribution in [0, 0.1) is 17.8 Å². The first kappa shape index (κ1) is 19.2. The van der Waals surface area contributed by atoms with E-state index in [1.54, 1.807) is 6.92 Å². The van der Waals surface area contributed by atoms with Crippen LogP contribution in [0.15, 0.2) is 24.8 Å². The van der Waals surface area contributed by atoms with Crippen molar-refractivity contribution in [1.29, 1.82) is 0 Å². The highest BCUT2D eigenvalue weighted by molar-refractivity contribution is 5.87. The molecular weight excluding hydrogens is 324 g/mol. The molecule has 6 nitrogen and oxygen atoms in total. The molecule has 0 aromatic carbocycles. The Morgan fingerprint density at radius 3 is 2.40 bits per heavy atom. The minimum absolute atomic E-state index is 0.0646. The molecule has 25 heavy (non-hydrogen) atoms. The van der Waals surface area contributed by atoms with Crippen molar-refractivity contribution >= 4 is 17.9 Å². The maximum Gasteiger partial charge on any atom is 0.333 e. The zero-order valence-corrected chi connectivity index (χ0v) is 15.2. The molecule has 0 radical (unpaired) electrons. The molecule has 1 heterocycles. The average Bonchev–Trinajstić information content (AvgIpc) is 3.10. The van der Waals surface area contributed by atoms with Crippen molar-refractivity contribution in [3.8, 4) is 0 Å². The van der Waals surface area contributed by atoms with E-state index in [-0.39, 0.29) is 42.0 Å². The number of carbonyl (C=O) groups excluding carboxylic acids is 3. The molecule has 2 bridgehead atoms. The van der Waals surface area contributed by atoms with E-state index in [1.165, 1.54) is 0 Å². The topological polar surface area (TPSA) is 78.9 Å². The molecule has 5 unspecified atom stereocenters. The molecule has 0 aromatic heterocycles. The van der Waals surface area contributed by atoms with E-state index in [0.29, 0.717) is 11.5 Å². The molecule has 0 spiro atoms. The summed E-state index contributed by atoms with van der Waals surface area (Å²) in [6.07, 6.45) is 2.49. The predicted molar refractivity (Wildman–Crippen MR) is 90.3 cm³/mol. The van der Waals surface area contributed by atoms with Crippen LogP contribution in [0.25, 0.3) is 0 Å². The molecule has 3 fully saturated rings. The lowest BCUT2D eigenvalue weighted by Crippen LogP contribution is -2.36. The van der Waals surface area contributed by atoms with Crippen molar-refractivity contribution in [2.24, 2.45) is 17.8 Å². The molecule has 3 aliphatic rings. The van der Waals surface area contributed by atoms with Crippen LogP contribution < -0.4 is 0 Å². The number of carbonyl (C=O) groups is 3. The molecule has 138 valence electrons. The van der Waals surface area contributed by atoms with Crippen LogP contribution in [0.4, 0.5) is 0 Å². The quantitative estimate of drug-likeness (QED) is 0.442. The van der Waals surface area contributed by atoms with E-state index < -0.39 is 5.60 Å². The van der Waals surface area contributed by atoms with E-state index in [0.717, 1.165) is 18.9 Å². The van der Waals surface area contributed by atoms with E-state index in [9.17, 15) is 14.4 Å². The summed E-state index contributed by atoms with van der Waals surface area (Å²) in [7, 11) is 0. The molecule has 1 aliphatic heterocycles. The minimum atomic E-state index is -0.398. The second-order valence-electron chi connectivity index (χ2n) is 7.79. The first-order valence-corrected chi connectivity index (χ1v) is 8.46. The molecule has 6 heteroatoms. The molecule has 2 aliphatic carbocycles. The van der Waals surface area contributed by atoms with Crippen molar-refractivity contribution in [2.75, 3.05) is 0 Å². The largest absolute Gasteiger partial charge is 0.458 e. The molecule has 0 amide bonds. The SMILES string of the molecule is C=C(C)C(=O)OC1C2CC3C(=O)OC1C3C2.C=CC(=O)OC(C)(C)C. The third-order valence-electron chi connectivity index (χ3n) is 4.58. The predicted octanol–water partition coefficient (Wildman–Crippen LogP) is 2.57. The molecule has 3 rings (SSSR count). The second kappa shape index (κ2) is 7.02. The summed E-state index contributed by atoms with van der Waals surface area (Å²) in [5.41, 5.74) is -0.00528. The van der Waals surface area contributed by atoms with Crippen molar-refractivity contribution < 1.29 is 28.6 Å². The first-order chi connectivity index (χ1) is 11.5. The molecule has 0 aromatic rings. The third kappa shape index (κ3) is 4.30. The lowest BCUT2D eigenvalue weighted by Gasteiger charge is -2.25. The normalized spacial score (nSPS) is 31.5. The highest BCUT2D eigenvalue weighted by atomic mass is 16.6. The van der Waals surface area contributed by atoms with Gasteiger partial charge < -0.3 is 14.2 Å². The molecule has 2 saturated carbocycles. The minimum Gasteiger partial charge on any atom is -0.458 e. The van der Waals surface area contributed by atoms with Gasteiger partial charge in [0.25, 0.3) is 0 Å². The van der Waals surface area contributed by atoms with Crippen LogP contribution >= 0.6 is 0 Å². The highest BCUT2D eigenvalue weighted by Crippen LogP contribution is 2.55. The van der Waals surface area contributed by atoms with Gasteiger partial charge in [0.1, 0.15) is 17.8 Å². The summed E-state index contributed by atoms with van der Waals surface area (Å²) in [6, 6.07) is 0. The Balaban J connectivity index is 0.000000217. The van der Waals surface area contributed by atoms with E-state index in [1.807, 2.05) is 20.8 Å². The smallest absolute Gasteiger partial charge is 0.333 e. The van der Waals surface area contributed by atoms with Crippen molar-refractivity contribution in [3.63, 3.8) is 0 Å². The van der Waals surface area contributed by atoms with E-state index in [2.05, 4.69) is 13.2 Å². The average molecular weight is 350 g/mol. The Kier molecular flexibility index (Phi) is 5.40. The van der Waals surface area contributed by atoms with Gasteiger partial charge in [-0.25, -0.2) is 9.59 Å². The molecular formula is C19H26O6. The monoisotopic (exact) mass is 350 g/mol. The van der Waals surface area contributed by atoms with E-state index >= 15 is 0 Å². The van der Waals surface area contributed by atoms with Crippen LogP contribution in [-0.2, 0) is 28.6 Å². The fraction of sp³-hybridized carbons (Fsp3) is 0.632. The number of fused-ring (bicyclic) bond motifs is 1. The van der Waals surface area contributed by atoms with Gasteiger partial charge in [0.05, 0.1) is 5.92 Å². The second-order valence-corrected chi connectivity index (χ2v) is 7.79. The summed E-state index contributed by atoms with van der Waals surface area (Å²) >= 11 is 0. The van der Waals surface area contributed by atoms with Crippen molar-refractivity contribution in [2.45, 2.75) is 58.3 Å². The summed E-state index contributed by atoms with van der Waals surface area (Å²) in [4.78, 5) is 33.4. The van der Waals surface area contributed by atoms with Gasteiger partial charge in [-0.3, -0.25) is 4.79 Å². The lowest BCUT2D eigenvalue weighted by molar-refractivity contribution is -0.158. The summed E-state index contributed by atoms with van der Waals surface area (Å²) < 4.78 is 15.5. The maximum absolute atomic E-state index is 11.5. The van der Waals surface area contributed by atoms with Crippen LogP contribution in [0.2, 0.25) is 0 Å². The van der Waals surface area contributed by atoms with E-state index in [4.69, 9.17) is 14.2 Å². The third-order valence-corrected chi connectivity index (χ3v) is 4.58. The van der Waals surface area contributed by atoms with Gasteiger partial charge in [0.2, 0.25) is 0 Å². The Labute approximate surface area is 148 Å². The first-order valence-electron chi connectivity index (χ1n) is 8.46. The van der Waals surface area contributed by atoms with Gasteiger partial charge in [-0.15, -0.1) is 0 Å². The molecule has 1 saturated heterocycles. The summed E-state index contributed by atoms with van der Waals surface area (Å²) in [6.45, 7) is 13.9. The van der Waals surface area contributed by atoms with Crippen molar-refractivity contribution in [3.05, 3.63) is 24.8 Å². The number of rotatable bonds is 3. The zero-order valence-electron chi connectivity index (χ0n) is 15.2. The highest BCUT2D eigenvalue weighted by Gasteiger charge is 2.63. The van der Waals surface area contributed by atoms with Gasteiger partial charge in [-0.2, -0.15) is 0 Å². The van der Waals surface area contributed by atoms with Crippen LogP contribution in [0.3, 0.4) is 0 Å². The zero-order chi connectivity index (χ0) is 18.9. The standard InChI is InChI=1S/C12H14O4.C7H12O2/c1-5(2)11(13)15-9-6-3-7-8(4-6)12(14)16-10(7)9;1-5-6(8)9-7(2,3)4/h6-10H,1,3-4H2,2H3;5H,1H2,2-4H3. The summed E-state index contributed by atoms with van der Waals surface area (Å²) in [5.74, 6) is -0.212. The number of hydrogen-bond donors (Lipinski definition) is 0. The fourth-order valence-electron chi connectivity index (χ4n) is 3.63. The van der Waals surface area contributed by atoms with Gasteiger partial charge in [0.15, 0.2) is 0 Å². The Bertz CT molecular complexity index is 600. The number of hydrogen-bond acceptors (Lipinski definition) is 6. The maximum atomic E-state index is 11.5. The van der Waals surface area contributed by atoms with Gasteiger partial charge >= 0.3 is 17.9 Å². The van der Waals surface area contributed by atoms with Crippen LogP contribution in [-0.4, -0.2) is 35.7 Å². The lowest BCUT2D eigenvalue weighted by atomic mass is 9.88. The Hall–Kier alpha value is -2.11. The number of ether oxygens (including phenoxy) is 3. The molecule has 0 N–H and O–H groups in total. The van der Waals surface area contributed by atoms with Crippen molar-refractivity contribution in [1.82, 2.24) is 0 Å². The van der Waals surface area contributed by atoms with Crippen LogP contribution in [0.1, 0.15) is 40.5 Å². The fourth-order valence-corrected chi connectivity index (χ4v) is 3.63. The van der Waals surface area contributed by atoms with Gasteiger partial charge in [0, 0.05) is 23.5 Å². The Morgan fingerprint density at radius 2 is 1.92 bits per heavy atom. The molecule has 5 atom stereocenters. The Morgan fingerprint density at radius 1 is 1.28 bits per heavy atom. The summed E-state index contributed by atoms with van der Waals surface area (Å²) in [5, 5.41) is 0.